The largest absolute Gasteiger partial charge is 0.453 e. The molecular formula is C24H15N3O. The summed E-state index contributed by atoms with van der Waals surface area (Å²) in [4.78, 5) is 6.31. The van der Waals surface area contributed by atoms with Gasteiger partial charge < -0.3 is 9.64 Å². The third kappa shape index (κ3) is 2.58. The highest BCUT2D eigenvalue weighted by Crippen LogP contribution is 2.51. The number of anilines is 3. The number of rotatable bonds is 2. The molecule has 1 aromatic heterocycles. The molecule has 0 aliphatic carbocycles. The van der Waals surface area contributed by atoms with E-state index in [0.717, 1.165) is 39.7 Å². The van der Waals surface area contributed by atoms with E-state index < -0.39 is 0 Å². The van der Waals surface area contributed by atoms with E-state index >= 15 is 0 Å². The minimum Gasteiger partial charge on any atom is -0.453 e. The normalized spacial score (nSPS) is 11.8. The maximum Gasteiger partial charge on any atom is 0.151 e. The van der Waals surface area contributed by atoms with Crippen molar-refractivity contribution in [2.24, 2.45) is 0 Å². The molecule has 0 fully saturated rings. The third-order valence-corrected chi connectivity index (χ3v) is 4.76. The minimum absolute atomic E-state index is 0.398. The molecule has 0 saturated heterocycles. The van der Waals surface area contributed by atoms with Gasteiger partial charge in [-0.1, -0.05) is 42.5 Å². The Hall–Kier alpha value is -4.10. The average molecular weight is 361 g/mol. The minimum atomic E-state index is 0.398. The van der Waals surface area contributed by atoms with E-state index in [0.29, 0.717) is 5.69 Å². The quantitative estimate of drug-likeness (QED) is 0.376. The second-order valence-electron chi connectivity index (χ2n) is 6.43. The summed E-state index contributed by atoms with van der Waals surface area (Å²) in [6.45, 7) is 0. The zero-order chi connectivity index (χ0) is 18.9. The molecule has 2 heterocycles. The van der Waals surface area contributed by atoms with Crippen LogP contribution in [0, 0.1) is 11.3 Å². The number of nitrogens with zero attached hydrogens (tertiary/aromatic N) is 3. The molecule has 4 heteroatoms. The Balaban J connectivity index is 1.76. The van der Waals surface area contributed by atoms with Crippen LogP contribution in [0.5, 0.6) is 11.5 Å². The van der Waals surface area contributed by atoms with Gasteiger partial charge in [-0.3, -0.25) is 0 Å². The summed E-state index contributed by atoms with van der Waals surface area (Å²) in [5.41, 5.74) is 5.33. The molecular weight excluding hydrogens is 346 g/mol. The molecule has 0 amide bonds. The molecule has 0 atom stereocenters. The van der Waals surface area contributed by atoms with Crippen LogP contribution in [0.3, 0.4) is 0 Å². The van der Waals surface area contributed by atoms with E-state index in [9.17, 15) is 5.26 Å². The van der Waals surface area contributed by atoms with Crippen LogP contribution in [-0.2, 0) is 0 Å². The topological polar surface area (TPSA) is 49.2 Å². The van der Waals surface area contributed by atoms with Crippen LogP contribution in [0.1, 0.15) is 5.69 Å². The van der Waals surface area contributed by atoms with Crippen molar-refractivity contribution in [3.8, 4) is 28.7 Å². The predicted octanol–water partition coefficient (Wildman–Crippen LogP) is 6.20. The van der Waals surface area contributed by atoms with E-state index in [2.05, 4.69) is 40.2 Å². The molecule has 3 aromatic carbocycles. The molecule has 4 nitrogen and oxygen atoms in total. The molecule has 0 bridgehead atoms. The number of hydrogen-bond acceptors (Lipinski definition) is 4. The van der Waals surface area contributed by atoms with Gasteiger partial charge in [0.15, 0.2) is 11.5 Å². The SMILES string of the molecule is N#Cc1cc(-c2ccccc2N2c3ccccc3Oc3ccccc32)ccn1. The molecule has 132 valence electrons. The summed E-state index contributed by atoms with van der Waals surface area (Å²) in [5, 5.41) is 9.25. The number of nitriles is 1. The number of para-hydroxylation sites is 5. The smallest absolute Gasteiger partial charge is 0.151 e. The number of pyridine rings is 1. The molecule has 0 unspecified atom stereocenters. The molecule has 1 aliphatic heterocycles. The number of aromatic nitrogens is 1. The first kappa shape index (κ1) is 16.1. The summed E-state index contributed by atoms with van der Waals surface area (Å²) in [5.74, 6) is 1.62. The predicted molar refractivity (Wildman–Crippen MR) is 109 cm³/mol. The highest BCUT2D eigenvalue weighted by molar-refractivity contribution is 5.92. The van der Waals surface area contributed by atoms with Crippen LogP contribution in [0.25, 0.3) is 11.1 Å². The summed E-state index contributed by atoms with van der Waals surface area (Å²) in [6.07, 6.45) is 1.67. The zero-order valence-corrected chi connectivity index (χ0v) is 14.9. The van der Waals surface area contributed by atoms with Crippen molar-refractivity contribution >= 4 is 17.1 Å². The van der Waals surface area contributed by atoms with Crippen LogP contribution >= 0.6 is 0 Å². The Labute approximate surface area is 162 Å². The molecule has 4 aromatic rings. The molecule has 0 saturated carbocycles. The lowest BCUT2D eigenvalue weighted by Gasteiger charge is -2.34. The first-order chi connectivity index (χ1) is 13.8. The van der Waals surface area contributed by atoms with Gasteiger partial charge in [-0.25, -0.2) is 4.98 Å². The van der Waals surface area contributed by atoms with Crippen molar-refractivity contribution in [2.45, 2.75) is 0 Å². The van der Waals surface area contributed by atoms with Crippen molar-refractivity contribution in [1.82, 2.24) is 4.98 Å². The maximum atomic E-state index is 9.25. The molecule has 0 radical (unpaired) electrons. The van der Waals surface area contributed by atoms with E-state index in [1.54, 1.807) is 6.20 Å². The summed E-state index contributed by atoms with van der Waals surface area (Å²) in [6, 6.07) is 30.0. The van der Waals surface area contributed by atoms with Gasteiger partial charge in [-0.05, 0) is 48.0 Å². The van der Waals surface area contributed by atoms with Gasteiger partial charge in [0.05, 0.1) is 17.1 Å². The van der Waals surface area contributed by atoms with Gasteiger partial charge in [0, 0.05) is 11.8 Å². The van der Waals surface area contributed by atoms with Gasteiger partial charge in [0.1, 0.15) is 11.8 Å². The van der Waals surface area contributed by atoms with Crippen molar-refractivity contribution in [3.05, 3.63) is 96.8 Å². The lowest BCUT2D eigenvalue weighted by Crippen LogP contribution is -2.16. The lowest BCUT2D eigenvalue weighted by molar-refractivity contribution is 0.477. The van der Waals surface area contributed by atoms with E-state index in [-0.39, 0.29) is 0 Å². The third-order valence-electron chi connectivity index (χ3n) is 4.76. The molecule has 0 spiro atoms. The number of fused-ring (bicyclic) bond motifs is 2. The summed E-state index contributed by atoms with van der Waals surface area (Å²) < 4.78 is 6.12. The van der Waals surface area contributed by atoms with Crippen LogP contribution in [0.2, 0.25) is 0 Å². The highest BCUT2D eigenvalue weighted by Gasteiger charge is 2.26. The van der Waals surface area contributed by atoms with Gasteiger partial charge in [0.2, 0.25) is 0 Å². The Kier molecular flexibility index (Phi) is 3.78. The standard InChI is InChI=1S/C24H15N3O/c25-16-18-15-17(13-14-26-18)19-7-1-2-8-20(19)27-21-9-3-5-11-23(21)28-24-12-6-4-10-22(24)27/h1-15H. The fourth-order valence-electron chi connectivity index (χ4n) is 3.54. The van der Waals surface area contributed by atoms with E-state index in [1.807, 2.05) is 60.7 Å². The van der Waals surface area contributed by atoms with Crippen molar-refractivity contribution in [2.75, 3.05) is 4.90 Å². The van der Waals surface area contributed by atoms with Crippen LogP contribution in [0.15, 0.2) is 91.1 Å². The van der Waals surface area contributed by atoms with Crippen LogP contribution in [0.4, 0.5) is 17.1 Å². The van der Waals surface area contributed by atoms with Crippen molar-refractivity contribution in [1.29, 1.82) is 5.26 Å². The Morgan fingerprint density at radius 1 is 0.750 bits per heavy atom. The molecule has 28 heavy (non-hydrogen) atoms. The summed E-state index contributed by atoms with van der Waals surface area (Å²) in [7, 11) is 0. The van der Waals surface area contributed by atoms with Gasteiger partial charge >= 0.3 is 0 Å². The maximum absolute atomic E-state index is 9.25. The number of ether oxygens (including phenoxy) is 1. The number of benzene rings is 3. The molecule has 1 aliphatic rings. The van der Waals surface area contributed by atoms with Crippen molar-refractivity contribution < 1.29 is 4.74 Å². The van der Waals surface area contributed by atoms with E-state index in [4.69, 9.17) is 4.74 Å². The first-order valence-electron chi connectivity index (χ1n) is 8.97. The van der Waals surface area contributed by atoms with Crippen molar-refractivity contribution in [3.63, 3.8) is 0 Å². The Morgan fingerprint density at radius 2 is 1.36 bits per heavy atom. The van der Waals surface area contributed by atoms with Gasteiger partial charge in [-0.2, -0.15) is 5.26 Å². The fraction of sp³-hybridized carbons (Fsp3) is 0. The van der Waals surface area contributed by atoms with Gasteiger partial charge in [-0.15, -0.1) is 0 Å². The highest BCUT2D eigenvalue weighted by atomic mass is 16.5. The zero-order valence-electron chi connectivity index (χ0n) is 14.9. The fourth-order valence-corrected chi connectivity index (χ4v) is 3.54. The monoisotopic (exact) mass is 361 g/mol. The van der Waals surface area contributed by atoms with Crippen LogP contribution in [-0.4, -0.2) is 4.98 Å². The first-order valence-corrected chi connectivity index (χ1v) is 8.97. The van der Waals surface area contributed by atoms with Crippen LogP contribution < -0.4 is 9.64 Å². The second kappa shape index (κ2) is 6.57. The second-order valence-corrected chi connectivity index (χ2v) is 6.43. The summed E-state index contributed by atoms with van der Waals surface area (Å²) >= 11 is 0. The van der Waals surface area contributed by atoms with E-state index in [1.165, 1.54) is 0 Å². The Morgan fingerprint density at radius 3 is 2.04 bits per heavy atom. The lowest BCUT2D eigenvalue weighted by atomic mass is 10.0. The Bertz CT molecular complexity index is 1180. The number of hydrogen-bond donors (Lipinski definition) is 0. The average Bonchev–Trinajstić information content (AvgIpc) is 2.77. The molecule has 0 N–H and O–H groups in total. The molecule has 5 rings (SSSR count). The van der Waals surface area contributed by atoms with Gasteiger partial charge in [0.25, 0.3) is 0 Å².